The third kappa shape index (κ3) is 7.52. The van der Waals surface area contributed by atoms with E-state index in [9.17, 15) is 0 Å². The molecule has 290 valence electrons. The van der Waals surface area contributed by atoms with Crippen LogP contribution < -0.4 is 0 Å². The van der Waals surface area contributed by atoms with E-state index in [1.165, 1.54) is 101 Å². The molecule has 0 bridgehead atoms. The van der Waals surface area contributed by atoms with Gasteiger partial charge in [0.25, 0.3) is 0 Å². The summed E-state index contributed by atoms with van der Waals surface area (Å²) >= 11 is 0. The van der Waals surface area contributed by atoms with Gasteiger partial charge in [0.2, 0.25) is 0 Å². The smallest absolute Gasteiger partial charge is 0.0609 e. The number of benzene rings is 6. The van der Waals surface area contributed by atoms with Gasteiger partial charge in [-0.3, -0.25) is 0 Å². The standard InChI is InChI=1S/C56H56N2/c1-37-17-21-41(22-18-37)53-51(33-39(3)57(53)49-29-25-47(26-30-49)55(5,6)7)45-15-11-13-43(35-45)44-14-12-16-46(36-44)52-34-40(4)58(54(52)42-23-19-38(2)20-24-42)50-31-27-48(28-32-50)56(8,9)10/h11-36H,1-10H3. The fourth-order valence-electron chi connectivity index (χ4n) is 8.33. The van der Waals surface area contributed by atoms with E-state index in [1.54, 1.807) is 0 Å². The van der Waals surface area contributed by atoms with Gasteiger partial charge in [-0.1, -0.05) is 162 Å². The second-order valence-corrected chi connectivity index (χ2v) is 18.3. The van der Waals surface area contributed by atoms with E-state index in [0.29, 0.717) is 0 Å². The molecule has 2 heteroatoms. The van der Waals surface area contributed by atoms with Gasteiger partial charge < -0.3 is 9.13 Å². The lowest BCUT2D eigenvalue weighted by molar-refractivity contribution is 0.590. The summed E-state index contributed by atoms with van der Waals surface area (Å²) in [4.78, 5) is 0. The second-order valence-electron chi connectivity index (χ2n) is 18.3. The molecule has 8 aromatic rings. The first-order valence-electron chi connectivity index (χ1n) is 20.7. The first-order chi connectivity index (χ1) is 27.7. The van der Waals surface area contributed by atoms with Crippen LogP contribution in [0.4, 0.5) is 0 Å². The summed E-state index contributed by atoms with van der Waals surface area (Å²) in [5.41, 5.74) is 22.2. The van der Waals surface area contributed by atoms with E-state index < -0.39 is 0 Å². The minimum atomic E-state index is 0.0936. The van der Waals surface area contributed by atoms with E-state index in [2.05, 4.69) is 236 Å². The molecule has 0 aliphatic heterocycles. The van der Waals surface area contributed by atoms with Crippen LogP contribution in [0.1, 0.15) is 75.2 Å². The van der Waals surface area contributed by atoms with Crippen molar-refractivity contribution in [3.63, 3.8) is 0 Å². The van der Waals surface area contributed by atoms with Gasteiger partial charge in [-0.25, -0.2) is 0 Å². The van der Waals surface area contributed by atoms with Crippen molar-refractivity contribution in [1.82, 2.24) is 9.13 Å². The number of nitrogens with zero attached hydrogens (tertiary/aromatic N) is 2. The molecule has 0 radical (unpaired) electrons. The average Bonchev–Trinajstić information content (AvgIpc) is 3.74. The van der Waals surface area contributed by atoms with Crippen LogP contribution in [0.3, 0.4) is 0 Å². The van der Waals surface area contributed by atoms with Crippen molar-refractivity contribution in [2.45, 2.75) is 80.1 Å². The molecule has 0 fully saturated rings. The van der Waals surface area contributed by atoms with E-state index in [0.717, 1.165) is 0 Å². The quantitative estimate of drug-likeness (QED) is 0.153. The lowest BCUT2D eigenvalue weighted by Gasteiger charge is -2.20. The van der Waals surface area contributed by atoms with Crippen molar-refractivity contribution in [2.24, 2.45) is 0 Å². The van der Waals surface area contributed by atoms with Crippen LogP contribution in [0.15, 0.2) is 158 Å². The van der Waals surface area contributed by atoms with Crippen LogP contribution in [0.2, 0.25) is 0 Å². The van der Waals surface area contributed by atoms with E-state index in [-0.39, 0.29) is 10.8 Å². The van der Waals surface area contributed by atoms with Gasteiger partial charge in [0.05, 0.1) is 11.4 Å². The molecule has 58 heavy (non-hydrogen) atoms. The first kappa shape index (κ1) is 38.7. The van der Waals surface area contributed by atoms with Crippen molar-refractivity contribution >= 4 is 0 Å². The summed E-state index contributed by atoms with van der Waals surface area (Å²) in [6.45, 7) is 22.4. The zero-order chi connectivity index (χ0) is 40.9. The van der Waals surface area contributed by atoms with Crippen molar-refractivity contribution in [2.75, 3.05) is 0 Å². The molecule has 0 aliphatic rings. The zero-order valence-electron chi connectivity index (χ0n) is 35.9. The van der Waals surface area contributed by atoms with Gasteiger partial charge in [0.15, 0.2) is 0 Å². The summed E-state index contributed by atoms with van der Waals surface area (Å²) in [7, 11) is 0. The Bertz CT molecular complexity index is 2530. The molecule has 2 aromatic heterocycles. The highest BCUT2D eigenvalue weighted by molar-refractivity contribution is 5.88. The highest BCUT2D eigenvalue weighted by atomic mass is 15.0. The Kier molecular flexibility index (Phi) is 10.0. The van der Waals surface area contributed by atoms with Crippen LogP contribution in [0.25, 0.3) is 67.3 Å². The molecular weight excluding hydrogens is 701 g/mol. The topological polar surface area (TPSA) is 9.86 Å². The summed E-state index contributed by atoms with van der Waals surface area (Å²) in [5.74, 6) is 0. The predicted octanol–water partition coefficient (Wildman–Crippen LogP) is 15.4. The fourth-order valence-corrected chi connectivity index (χ4v) is 8.33. The Morgan fingerprint density at radius 3 is 0.983 bits per heavy atom. The maximum atomic E-state index is 2.43. The molecule has 0 amide bonds. The predicted molar refractivity (Wildman–Crippen MR) is 249 cm³/mol. The van der Waals surface area contributed by atoms with Crippen molar-refractivity contribution in [3.8, 4) is 67.3 Å². The maximum Gasteiger partial charge on any atom is 0.0609 e. The van der Waals surface area contributed by atoms with Crippen LogP contribution in [-0.2, 0) is 10.8 Å². The number of aromatic nitrogens is 2. The molecule has 2 heterocycles. The van der Waals surface area contributed by atoms with Crippen LogP contribution in [0, 0.1) is 27.7 Å². The lowest BCUT2D eigenvalue weighted by Crippen LogP contribution is -2.11. The Morgan fingerprint density at radius 1 is 0.328 bits per heavy atom. The highest BCUT2D eigenvalue weighted by Crippen LogP contribution is 2.42. The van der Waals surface area contributed by atoms with Gasteiger partial charge >= 0.3 is 0 Å². The van der Waals surface area contributed by atoms with Crippen molar-refractivity contribution in [3.05, 3.63) is 191 Å². The van der Waals surface area contributed by atoms with Crippen molar-refractivity contribution in [1.29, 1.82) is 0 Å². The summed E-state index contributed by atoms with van der Waals surface area (Å²) in [5, 5.41) is 0. The molecule has 0 N–H and O–H groups in total. The normalized spacial score (nSPS) is 12.0. The lowest BCUT2D eigenvalue weighted by atomic mass is 9.87. The van der Waals surface area contributed by atoms with Crippen LogP contribution in [-0.4, -0.2) is 9.13 Å². The largest absolute Gasteiger partial charge is 0.313 e. The Balaban J connectivity index is 1.24. The minimum Gasteiger partial charge on any atom is -0.313 e. The molecule has 6 aromatic carbocycles. The molecule has 2 nitrogen and oxygen atoms in total. The number of hydrogen-bond donors (Lipinski definition) is 0. The summed E-state index contributed by atoms with van der Waals surface area (Å²) in [6.07, 6.45) is 0. The van der Waals surface area contributed by atoms with Gasteiger partial charge in [-0.15, -0.1) is 0 Å². The number of hydrogen-bond acceptors (Lipinski definition) is 0. The van der Waals surface area contributed by atoms with Crippen molar-refractivity contribution < 1.29 is 0 Å². The maximum absolute atomic E-state index is 2.43. The molecule has 0 aliphatic carbocycles. The monoisotopic (exact) mass is 756 g/mol. The third-order valence-electron chi connectivity index (χ3n) is 11.7. The molecular formula is C56H56N2. The summed E-state index contributed by atoms with van der Waals surface area (Å²) in [6, 6.07) is 59.0. The Morgan fingerprint density at radius 2 is 0.655 bits per heavy atom. The molecule has 0 saturated carbocycles. The number of aryl methyl sites for hydroxylation is 4. The zero-order valence-corrected chi connectivity index (χ0v) is 35.9. The minimum absolute atomic E-state index is 0.0936. The number of rotatable bonds is 7. The Labute approximate surface area is 346 Å². The van der Waals surface area contributed by atoms with Crippen LogP contribution in [0.5, 0.6) is 0 Å². The average molecular weight is 757 g/mol. The van der Waals surface area contributed by atoms with Gasteiger partial charge in [-0.05, 0) is 132 Å². The molecule has 0 atom stereocenters. The van der Waals surface area contributed by atoms with Gasteiger partial charge in [0, 0.05) is 33.9 Å². The summed E-state index contributed by atoms with van der Waals surface area (Å²) < 4.78 is 4.85. The SMILES string of the molecule is Cc1ccc(-c2c(-c3cccc(-c4cccc(-c5cc(C)n(-c6ccc(C(C)(C)C)cc6)c5-c5ccc(C)cc5)c4)c3)cc(C)n2-c2ccc(C(C)(C)C)cc2)cc1. The fraction of sp³-hybridized carbons (Fsp3) is 0.214. The van der Waals surface area contributed by atoms with E-state index >= 15 is 0 Å². The van der Waals surface area contributed by atoms with Crippen LogP contribution >= 0.6 is 0 Å². The van der Waals surface area contributed by atoms with E-state index in [1.807, 2.05) is 0 Å². The molecule has 0 unspecified atom stereocenters. The molecule has 8 rings (SSSR count). The highest BCUT2D eigenvalue weighted by Gasteiger charge is 2.22. The molecule has 0 saturated heterocycles. The first-order valence-corrected chi connectivity index (χ1v) is 20.7. The third-order valence-corrected chi connectivity index (χ3v) is 11.7. The Hall–Kier alpha value is -6.12. The van der Waals surface area contributed by atoms with Gasteiger partial charge in [-0.2, -0.15) is 0 Å². The molecule has 0 spiro atoms. The second kappa shape index (κ2) is 15.0. The van der Waals surface area contributed by atoms with E-state index in [4.69, 9.17) is 0 Å². The van der Waals surface area contributed by atoms with Gasteiger partial charge in [0.1, 0.15) is 0 Å².